The first-order chi connectivity index (χ1) is 9.13. The van der Waals surface area contributed by atoms with Gasteiger partial charge in [-0.15, -0.1) is 0 Å². The molecular formula is C15H23ClO3S. The predicted octanol–water partition coefficient (Wildman–Crippen LogP) is 3.96. The van der Waals surface area contributed by atoms with E-state index in [0.717, 1.165) is 11.3 Å². The van der Waals surface area contributed by atoms with E-state index in [0.29, 0.717) is 13.0 Å². The molecule has 0 N–H and O–H groups in total. The molecular weight excluding hydrogens is 296 g/mol. The maximum atomic E-state index is 11.1. The van der Waals surface area contributed by atoms with Gasteiger partial charge in [-0.2, -0.15) is 0 Å². The van der Waals surface area contributed by atoms with Crippen molar-refractivity contribution in [3.63, 3.8) is 0 Å². The number of hydrogen-bond acceptors (Lipinski definition) is 3. The topological polar surface area (TPSA) is 43.4 Å². The molecule has 3 nitrogen and oxygen atoms in total. The molecule has 0 spiro atoms. The van der Waals surface area contributed by atoms with Gasteiger partial charge in [-0.1, -0.05) is 45.9 Å². The van der Waals surface area contributed by atoms with Crippen LogP contribution >= 0.6 is 10.7 Å². The lowest BCUT2D eigenvalue weighted by Crippen LogP contribution is -2.20. The highest BCUT2D eigenvalue weighted by atomic mass is 35.7. The summed E-state index contributed by atoms with van der Waals surface area (Å²) in [5.74, 6) is 0.666. The monoisotopic (exact) mass is 318 g/mol. The van der Waals surface area contributed by atoms with Gasteiger partial charge in [0.2, 0.25) is 9.05 Å². The Morgan fingerprint density at radius 1 is 1.25 bits per heavy atom. The minimum Gasteiger partial charge on any atom is -0.493 e. The molecule has 1 unspecified atom stereocenters. The summed E-state index contributed by atoms with van der Waals surface area (Å²) >= 11 is 0. The molecule has 114 valence electrons. The molecule has 1 atom stereocenters. The van der Waals surface area contributed by atoms with Gasteiger partial charge in [0.25, 0.3) is 0 Å². The van der Waals surface area contributed by atoms with Crippen LogP contribution in [0.4, 0.5) is 0 Å². The highest BCUT2D eigenvalue weighted by molar-refractivity contribution is 8.13. The van der Waals surface area contributed by atoms with Gasteiger partial charge in [-0.3, -0.25) is 0 Å². The normalized spacial score (nSPS) is 14.1. The Labute approximate surface area is 126 Å². The molecule has 20 heavy (non-hydrogen) atoms. The average Bonchev–Trinajstić information content (AvgIpc) is 2.32. The maximum Gasteiger partial charge on any atom is 0.232 e. The molecule has 0 aliphatic carbocycles. The van der Waals surface area contributed by atoms with Gasteiger partial charge in [0.05, 0.1) is 12.4 Å². The minimum atomic E-state index is -3.49. The lowest BCUT2D eigenvalue weighted by atomic mass is 9.86. The van der Waals surface area contributed by atoms with Crippen molar-refractivity contribution >= 4 is 19.7 Å². The van der Waals surface area contributed by atoms with Crippen molar-refractivity contribution in [3.8, 4) is 5.75 Å². The van der Waals surface area contributed by atoms with Crippen molar-refractivity contribution in [2.75, 3.05) is 12.4 Å². The Bertz CT molecular complexity index is 532. The van der Waals surface area contributed by atoms with Crippen LogP contribution < -0.4 is 4.74 Å². The molecule has 0 radical (unpaired) electrons. The highest BCUT2D eigenvalue weighted by Gasteiger charge is 2.20. The lowest BCUT2D eigenvalue weighted by molar-refractivity contribution is 0.252. The maximum absolute atomic E-state index is 11.1. The number of hydrogen-bond donors (Lipinski definition) is 0. The molecule has 1 rings (SSSR count). The number of benzene rings is 1. The number of ether oxygens (including phenoxy) is 1. The fourth-order valence-electron chi connectivity index (χ4n) is 1.99. The molecule has 0 amide bonds. The van der Waals surface area contributed by atoms with Crippen LogP contribution in [-0.4, -0.2) is 20.8 Å². The summed E-state index contributed by atoms with van der Waals surface area (Å²) in [7, 11) is 1.82. The predicted molar refractivity (Wildman–Crippen MR) is 84.1 cm³/mol. The summed E-state index contributed by atoms with van der Waals surface area (Å²) in [5.41, 5.74) is 1.10. The first kappa shape index (κ1) is 17.3. The van der Waals surface area contributed by atoms with Crippen LogP contribution in [-0.2, 0) is 14.5 Å². The fourth-order valence-corrected chi connectivity index (χ4v) is 3.41. The van der Waals surface area contributed by atoms with Crippen LogP contribution in [0.5, 0.6) is 5.75 Å². The summed E-state index contributed by atoms with van der Waals surface area (Å²) in [6.07, 6.45) is 0.712. The number of rotatable bonds is 6. The molecule has 0 heterocycles. The standard InChI is InChI=1S/C15H23ClO3S/c1-5-12(11-20(16,17)18)10-19-14-9-7-6-8-13(14)15(2,3)4/h6-9,12H,5,10-11H2,1-4H3. The second kappa shape index (κ2) is 6.81. The van der Waals surface area contributed by atoms with Gasteiger partial charge in [-0.05, 0) is 23.5 Å². The van der Waals surface area contributed by atoms with E-state index >= 15 is 0 Å². The zero-order valence-corrected chi connectivity index (χ0v) is 14.1. The van der Waals surface area contributed by atoms with Gasteiger partial charge in [-0.25, -0.2) is 8.42 Å². The third-order valence-electron chi connectivity index (χ3n) is 3.18. The second-order valence-corrected chi connectivity index (χ2v) is 8.86. The van der Waals surface area contributed by atoms with E-state index in [1.54, 1.807) is 0 Å². The average molecular weight is 319 g/mol. The largest absolute Gasteiger partial charge is 0.493 e. The summed E-state index contributed by atoms with van der Waals surface area (Å²) in [6.45, 7) is 8.66. The molecule has 1 aromatic rings. The Hall–Kier alpha value is -0.740. The quantitative estimate of drug-likeness (QED) is 0.746. The first-order valence-electron chi connectivity index (χ1n) is 6.78. The number of para-hydroxylation sites is 1. The first-order valence-corrected chi connectivity index (χ1v) is 9.26. The molecule has 0 aliphatic heterocycles. The molecule has 1 aromatic carbocycles. The third-order valence-corrected chi connectivity index (χ3v) is 4.43. The highest BCUT2D eigenvalue weighted by Crippen LogP contribution is 2.31. The van der Waals surface area contributed by atoms with Crippen molar-refractivity contribution in [1.29, 1.82) is 0 Å². The van der Waals surface area contributed by atoms with E-state index in [-0.39, 0.29) is 17.1 Å². The summed E-state index contributed by atoms with van der Waals surface area (Å²) < 4.78 is 28.1. The second-order valence-electron chi connectivity index (χ2n) is 6.04. The van der Waals surface area contributed by atoms with Crippen LogP contribution in [0.25, 0.3) is 0 Å². The SMILES string of the molecule is CCC(COc1ccccc1C(C)(C)C)CS(=O)(=O)Cl. The van der Waals surface area contributed by atoms with Gasteiger partial charge < -0.3 is 4.74 Å². The third kappa shape index (κ3) is 5.71. The Morgan fingerprint density at radius 2 is 1.85 bits per heavy atom. The van der Waals surface area contributed by atoms with Crippen molar-refractivity contribution in [2.45, 2.75) is 39.5 Å². The zero-order chi connectivity index (χ0) is 15.4. The van der Waals surface area contributed by atoms with Crippen molar-refractivity contribution in [1.82, 2.24) is 0 Å². The Kier molecular flexibility index (Phi) is 5.90. The fraction of sp³-hybridized carbons (Fsp3) is 0.600. The zero-order valence-electron chi connectivity index (χ0n) is 12.5. The van der Waals surface area contributed by atoms with Crippen molar-refractivity contribution in [2.24, 2.45) is 5.92 Å². The van der Waals surface area contributed by atoms with Gasteiger partial charge >= 0.3 is 0 Å². The molecule has 0 aliphatic rings. The summed E-state index contributed by atoms with van der Waals surface area (Å²) in [6, 6.07) is 7.86. The summed E-state index contributed by atoms with van der Waals surface area (Å²) in [5, 5.41) is 0. The van der Waals surface area contributed by atoms with Crippen molar-refractivity contribution in [3.05, 3.63) is 29.8 Å². The smallest absolute Gasteiger partial charge is 0.232 e. The molecule has 0 fully saturated rings. The van der Waals surface area contributed by atoms with Crippen LogP contribution in [0.1, 0.15) is 39.7 Å². The van der Waals surface area contributed by atoms with Gasteiger partial charge in [0.1, 0.15) is 5.75 Å². The van der Waals surface area contributed by atoms with Crippen LogP contribution in [0, 0.1) is 5.92 Å². The van der Waals surface area contributed by atoms with Crippen LogP contribution in [0.2, 0.25) is 0 Å². The van der Waals surface area contributed by atoms with E-state index in [1.165, 1.54) is 0 Å². The Morgan fingerprint density at radius 3 is 2.35 bits per heavy atom. The van der Waals surface area contributed by atoms with Gasteiger partial charge in [0.15, 0.2) is 0 Å². The molecule has 5 heteroatoms. The van der Waals surface area contributed by atoms with E-state index in [1.807, 2.05) is 31.2 Å². The molecule has 0 saturated heterocycles. The number of halogens is 1. The van der Waals surface area contributed by atoms with Crippen molar-refractivity contribution < 1.29 is 13.2 Å². The van der Waals surface area contributed by atoms with E-state index < -0.39 is 9.05 Å². The molecule has 0 aromatic heterocycles. The molecule has 0 bridgehead atoms. The summed E-state index contributed by atoms with van der Waals surface area (Å²) in [4.78, 5) is 0. The van der Waals surface area contributed by atoms with E-state index in [2.05, 4.69) is 20.8 Å². The minimum absolute atomic E-state index is 0.0170. The van der Waals surface area contributed by atoms with Crippen LogP contribution in [0.15, 0.2) is 24.3 Å². The van der Waals surface area contributed by atoms with Gasteiger partial charge in [0, 0.05) is 16.6 Å². The van der Waals surface area contributed by atoms with E-state index in [4.69, 9.17) is 15.4 Å². The van der Waals surface area contributed by atoms with Crippen LogP contribution in [0.3, 0.4) is 0 Å². The van der Waals surface area contributed by atoms with E-state index in [9.17, 15) is 8.42 Å². The lowest BCUT2D eigenvalue weighted by Gasteiger charge is -2.24. The molecule has 0 saturated carbocycles. The Balaban J connectivity index is 2.79.